The SMILES string of the molecule is CCc1ccc(C(=O)N2CCCC3(CCNC3)C2)cc1. The highest BCUT2D eigenvalue weighted by Crippen LogP contribution is 2.35. The summed E-state index contributed by atoms with van der Waals surface area (Å²) in [5.74, 6) is 0.207. The van der Waals surface area contributed by atoms with E-state index in [0.717, 1.165) is 44.6 Å². The van der Waals surface area contributed by atoms with E-state index in [9.17, 15) is 4.79 Å². The molecule has 1 N–H and O–H groups in total. The second-order valence-electron chi connectivity index (χ2n) is 6.31. The summed E-state index contributed by atoms with van der Waals surface area (Å²) in [6.45, 7) is 6.15. The predicted octanol–water partition coefficient (Wildman–Crippen LogP) is 2.46. The van der Waals surface area contributed by atoms with E-state index in [-0.39, 0.29) is 5.91 Å². The highest BCUT2D eigenvalue weighted by atomic mass is 16.2. The maximum absolute atomic E-state index is 12.6. The van der Waals surface area contributed by atoms with Gasteiger partial charge in [0.1, 0.15) is 0 Å². The van der Waals surface area contributed by atoms with Crippen molar-refractivity contribution in [2.75, 3.05) is 26.2 Å². The summed E-state index contributed by atoms with van der Waals surface area (Å²) in [6, 6.07) is 8.11. The topological polar surface area (TPSA) is 32.3 Å². The van der Waals surface area contributed by atoms with Crippen molar-refractivity contribution in [1.29, 1.82) is 0 Å². The summed E-state index contributed by atoms with van der Waals surface area (Å²) in [4.78, 5) is 14.7. The molecule has 2 aliphatic heterocycles. The monoisotopic (exact) mass is 272 g/mol. The molecule has 1 spiro atoms. The first-order valence-corrected chi connectivity index (χ1v) is 7.81. The maximum atomic E-state index is 12.6. The number of nitrogens with one attached hydrogen (secondary N) is 1. The summed E-state index contributed by atoms with van der Waals surface area (Å²) in [5.41, 5.74) is 2.47. The Morgan fingerprint density at radius 3 is 2.75 bits per heavy atom. The number of piperidine rings is 1. The molecule has 20 heavy (non-hydrogen) atoms. The molecule has 3 heteroatoms. The average molecular weight is 272 g/mol. The van der Waals surface area contributed by atoms with Gasteiger partial charge in [-0.3, -0.25) is 4.79 Å². The van der Waals surface area contributed by atoms with Gasteiger partial charge in [-0.2, -0.15) is 0 Å². The zero-order valence-corrected chi connectivity index (χ0v) is 12.3. The Morgan fingerprint density at radius 2 is 2.10 bits per heavy atom. The van der Waals surface area contributed by atoms with Crippen LogP contribution in [0.2, 0.25) is 0 Å². The summed E-state index contributed by atoms with van der Waals surface area (Å²) < 4.78 is 0. The molecular weight excluding hydrogens is 248 g/mol. The van der Waals surface area contributed by atoms with E-state index in [2.05, 4.69) is 29.3 Å². The van der Waals surface area contributed by atoms with Crippen LogP contribution in [0.3, 0.4) is 0 Å². The molecule has 0 saturated carbocycles. The van der Waals surface area contributed by atoms with Crippen LogP contribution < -0.4 is 5.32 Å². The minimum atomic E-state index is 0.207. The van der Waals surface area contributed by atoms with E-state index in [0.29, 0.717) is 5.41 Å². The molecular formula is C17H24N2O. The Kier molecular flexibility index (Phi) is 3.79. The van der Waals surface area contributed by atoms with Crippen LogP contribution in [-0.4, -0.2) is 37.0 Å². The van der Waals surface area contributed by atoms with Crippen LogP contribution in [0.1, 0.15) is 42.1 Å². The van der Waals surface area contributed by atoms with Crippen LogP contribution >= 0.6 is 0 Å². The summed E-state index contributed by atoms with van der Waals surface area (Å²) in [5, 5.41) is 3.46. The van der Waals surface area contributed by atoms with Crippen LogP contribution in [0.15, 0.2) is 24.3 Å². The molecule has 2 aliphatic rings. The Hall–Kier alpha value is -1.35. The third-order valence-electron chi connectivity index (χ3n) is 4.89. The molecule has 1 unspecified atom stereocenters. The second-order valence-corrected chi connectivity index (χ2v) is 6.31. The van der Waals surface area contributed by atoms with E-state index in [4.69, 9.17) is 0 Å². The van der Waals surface area contributed by atoms with E-state index >= 15 is 0 Å². The number of likely N-dealkylation sites (tertiary alicyclic amines) is 1. The number of hydrogen-bond donors (Lipinski definition) is 1. The zero-order chi connectivity index (χ0) is 14.0. The van der Waals surface area contributed by atoms with Gasteiger partial charge in [0.25, 0.3) is 5.91 Å². The maximum Gasteiger partial charge on any atom is 0.253 e. The van der Waals surface area contributed by atoms with Crippen LogP contribution in [0.25, 0.3) is 0 Å². The minimum Gasteiger partial charge on any atom is -0.338 e. The fourth-order valence-electron chi connectivity index (χ4n) is 3.59. The number of carbonyl (C=O) groups is 1. The predicted molar refractivity (Wildman–Crippen MR) is 80.9 cm³/mol. The molecule has 1 amide bonds. The third kappa shape index (κ3) is 2.59. The molecule has 0 aliphatic carbocycles. The summed E-state index contributed by atoms with van der Waals surface area (Å²) in [6.07, 6.45) is 4.64. The van der Waals surface area contributed by atoms with Crippen molar-refractivity contribution in [2.45, 2.75) is 32.6 Å². The van der Waals surface area contributed by atoms with Crippen molar-refractivity contribution in [3.05, 3.63) is 35.4 Å². The van der Waals surface area contributed by atoms with Crippen LogP contribution in [0.4, 0.5) is 0 Å². The molecule has 3 rings (SSSR count). The van der Waals surface area contributed by atoms with E-state index in [1.165, 1.54) is 18.4 Å². The van der Waals surface area contributed by atoms with Gasteiger partial charge in [-0.25, -0.2) is 0 Å². The van der Waals surface area contributed by atoms with Gasteiger partial charge < -0.3 is 10.2 Å². The largest absolute Gasteiger partial charge is 0.338 e. The molecule has 3 nitrogen and oxygen atoms in total. The zero-order valence-electron chi connectivity index (χ0n) is 12.3. The number of rotatable bonds is 2. The molecule has 2 saturated heterocycles. The van der Waals surface area contributed by atoms with Crippen molar-refractivity contribution < 1.29 is 4.79 Å². The van der Waals surface area contributed by atoms with Gasteiger partial charge in [0.05, 0.1) is 0 Å². The van der Waals surface area contributed by atoms with Gasteiger partial charge in [-0.05, 0) is 49.9 Å². The Labute approximate surface area is 121 Å². The van der Waals surface area contributed by atoms with Crippen molar-refractivity contribution in [3.63, 3.8) is 0 Å². The molecule has 2 heterocycles. The molecule has 0 bridgehead atoms. The van der Waals surface area contributed by atoms with E-state index in [1.807, 2.05) is 12.1 Å². The van der Waals surface area contributed by atoms with Crippen LogP contribution in [-0.2, 0) is 6.42 Å². The number of nitrogens with zero attached hydrogens (tertiary/aromatic N) is 1. The Bertz CT molecular complexity index is 474. The van der Waals surface area contributed by atoms with Crippen LogP contribution in [0, 0.1) is 5.41 Å². The van der Waals surface area contributed by atoms with Gasteiger partial charge in [-0.1, -0.05) is 19.1 Å². The number of benzene rings is 1. The first-order valence-electron chi connectivity index (χ1n) is 7.81. The lowest BCUT2D eigenvalue weighted by molar-refractivity contribution is 0.0553. The summed E-state index contributed by atoms with van der Waals surface area (Å²) >= 11 is 0. The van der Waals surface area contributed by atoms with Crippen molar-refractivity contribution in [1.82, 2.24) is 10.2 Å². The first-order chi connectivity index (χ1) is 9.72. The first kappa shape index (κ1) is 13.6. The van der Waals surface area contributed by atoms with Gasteiger partial charge >= 0.3 is 0 Å². The average Bonchev–Trinajstić information content (AvgIpc) is 2.94. The van der Waals surface area contributed by atoms with Gasteiger partial charge in [-0.15, -0.1) is 0 Å². The minimum absolute atomic E-state index is 0.207. The lowest BCUT2D eigenvalue weighted by Gasteiger charge is -2.40. The Morgan fingerprint density at radius 1 is 1.30 bits per heavy atom. The standard InChI is InChI=1S/C17H24N2O/c1-2-14-4-6-15(7-5-14)16(20)19-11-3-8-17(13-19)9-10-18-12-17/h4-7,18H,2-3,8-13H2,1H3. The fourth-order valence-corrected chi connectivity index (χ4v) is 3.59. The highest BCUT2D eigenvalue weighted by molar-refractivity contribution is 5.94. The lowest BCUT2D eigenvalue weighted by atomic mass is 9.79. The van der Waals surface area contributed by atoms with E-state index in [1.54, 1.807) is 0 Å². The number of carbonyl (C=O) groups excluding carboxylic acids is 1. The fraction of sp³-hybridized carbons (Fsp3) is 0.588. The van der Waals surface area contributed by atoms with Gasteiger partial charge in [0.2, 0.25) is 0 Å². The highest BCUT2D eigenvalue weighted by Gasteiger charge is 2.39. The Balaban J connectivity index is 1.72. The van der Waals surface area contributed by atoms with Gasteiger partial charge in [0.15, 0.2) is 0 Å². The molecule has 108 valence electrons. The lowest BCUT2D eigenvalue weighted by Crippen LogP contribution is -2.47. The van der Waals surface area contributed by atoms with Crippen LogP contribution in [0.5, 0.6) is 0 Å². The number of hydrogen-bond acceptors (Lipinski definition) is 2. The molecule has 1 atom stereocenters. The quantitative estimate of drug-likeness (QED) is 0.897. The molecule has 1 aromatic rings. The van der Waals surface area contributed by atoms with E-state index < -0.39 is 0 Å². The molecule has 2 fully saturated rings. The molecule has 1 aromatic carbocycles. The van der Waals surface area contributed by atoms with Gasteiger partial charge in [0, 0.05) is 30.6 Å². The summed E-state index contributed by atoms with van der Waals surface area (Å²) in [7, 11) is 0. The smallest absolute Gasteiger partial charge is 0.253 e. The number of amides is 1. The third-order valence-corrected chi connectivity index (χ3v) is 4.89. The van der Waals surface area contributed by atoms with Crippen molar-refractivity contribution >= 4 is 5.91 Å². The normalized spacial score (nSPS) is 26.1. The van der Waals surface area contributed by atoms with Crippen molar-refractivity contribution in [2.24, 2.45) is 5.41 Å². The second kappa shape index (κ2) is 5.57. The number of aryl methyl sites for hydroxylation is 1. The molecule has 0 aromatic heterocycles. The molecule has 0 radical (unpaired) electrons. The van der Waals surface area contributed by atoms with Crippen molar-refractivity contribution in [3.8, 4) is 0 Å².